The molecular weight excluding hydrogens is 134 g/mol. The zero-order chi connectivity index (χ0) is 6.00. The van der Waals surface area contributed by atoms with E-state index in [1.807, 2.05) is 0 Å². The fourth-order valence-corrected chi connectivity index (χ4v) is 0. The first kappa shape index (κ1) is 37.7. The standard InChI is InChI=1S/3CN.Fe/c3*1-2;/q3*-1;+3. The van der Waals surface area contributed by atoms with Crippen LogP contribution in [0.3, 0.4) is 0 Å². The summed E-state index contributed by atoms with van der Waals surface area (Å²) in [7, 11) is 0. The topological polar surface area (TPSA) is 71.4 Å². The van der Waals surface area contributed by atoms with Gasteiger partial charge in [-0.1, -0.05) is 0 Å². The summed E-state index contributed by atoms with van der Waals surface area (Å²) in [5, 5.41) is 18.8. The largest absolute Gasteiger partial charge is 3.00 e. The molecule has 0 spiro atoms. The summed E-state index contributed by atoms with van der Waals surface area (Å²) in [4.78, 5) is 0. The van der Waals surface area contributed by atoms with Crippen molar-refractivity contribution in [3.63, 3.8) is 0 Å². The van der Waals surface area contributed by atoms with Crippen molar-refractivity contribution in [2.45, 2.75) is 0 Å². The molecule has 0 rings (SSSR count). The second-order valence-corrected chi connectivity index (χ2v) is 0. The quantitative estimate of drug-likeness (QED) is 0.353. The molecule has 0 saturated heterocycles. The van der Waals surface area contributed by atoms with E-state index in [1.54, 1.807) is 0 Å². The predicted octanol–water partition coefficient (Wildman–Crippen LogP) is 0.287. The van der Waals surface area contributed by atoms with E-state index in [0.717, 1.165) is 0 Å². The molecule has 0 aromatic heterocycles. The molecule has 4 heteroatoms. The van der Waals surface area contributed by atoms with Gasteiger partial charge in [-0.25, -0.2) is 0 Å². The third-order valence-corrected chi connectivity index (χ3v) is 0. The Morgan fingerprint density at radius 3 is 0.571 bits per heavy atom. The monoisotopic (exact) mass is 134 g/mol. The zero-order valence-corrected chi connectivity index (χ0v) is 4.30. The Morgan fingerprint density at radius 1 is 0.571 bits per heavy atom. The molecule has 0 aromatic carbocycles. The van der Waals surface area contributed by atoms with Crippen LogP contribution >= 0.6 is 0 Å². The molecule has 3 nitrogen and oxygen atoms in total. The molecule has 0 aliphatic carbocycles. The van der Waals surface area contributed by atoms with Crippen LogP contribution in [0.5, 0.6) is 0 Å². The average molecular weight is 134 g/mol. The van der Waals surface area contributed by atoms with Gasteiger partial charge in [-0.3, -0.25) is 0 Å². The Balaban J connectivity index is -0.00000000900. The summed E-state index contributed by atoms with van der Waals surface area (Å²) in [5.41, 5.74) is 0. The van der Waals surface area contributed by atoms with Crippen LogP contribution in [0.25, 0.3) is 0 Å². The van der Waals surface area contributed by atoms with E-state index in [1.165, 1.54) is 0 Å². The summed E-state index contributed by atoms with van der Waals surface area (Å²) in [6.07, 6.45) is 0. The number of rotatable bonds is 0. The van der Waals surface area contributed by atoms with Crippen molar-refractivity contribution >= 4 is 0 Å². The fraction of sp³-hybridized carbons (Fsp3) is 0. The van der Waals surface area contributed by atoms with Gasteiger partial charge >= 0.3 is 17.1 Å². The summed E-state index contributed by atoms with van der Waals surface area (Å²) < 4.78 is 0. The van der Waals surface area contributed by atoms with Crippen molar-refractivity contribution < 1.29 is 17.1 Å². The predicted molar refractivity (Wildman–Crippen MR) is 14.9 cm³/mol. The zero-order valence-electron chi connectivity index (χ0n) is 3.20. The molecule has 1 radical (unpaired) electrons. The van der Waals surface area contributed by atoms with Gasteiger partial charge in [0, 0.05) is 0 Å². The molecule has 0 heterocycles. The minimum Gasteiger partial charge on any atom is -0.512 e. The van der Waals surface area contributed by atoms with Crippen LogP contribution in [0.4, 0.5) is 0 Å². The maximum atomic E-state index is 6.25. The number of nitrogens with zero attached hydrogens (tertiary/aromatic N) is 3. The van der Waals surface area contributed by atoms with E-state index in [9.17, 15) is 0 Å². The Kier molecular flexibility index (Phi) is 419. The average Bonchev–Trinajstić information content (AvgIpc) is 1.81. The van der Waals surface area contributed by atoms with Crippen molar-refractivity contribution in [2.75, 3.05) is 0 Å². The molecule has 35 valence electrons. The molecule has 7 heavy (non-hydrogen) atoms. The van der Waals surface area contributed by atoms with E-state index < -0.39 is 0 Å². The summed E-state index contributed by atoms with van der Waals surface area (Å²) >= 11 is 0. The van der Waals surface area contributed by atoms with Gasteiger partial charge in [0.25, 0.3) is 0 Å². The molecule has 0 N–H and O–H groups in total. The third-order valence-electron chi connectivity index (χ3n) is 0. The van der Waals surface area contributed by atoms with Crippen LogP contribution in [0.1, 0.15) is 0 Å². The van der Waals surface area contributed by atoms with Crippen LogP contribution in [0.2, 0.25) is 0 Å². The molecule has 0 bridgehead atoms. The van der Waals surface area contributed by atoms with Crippen LogP contribution in [0, 0.1) is 35.5 Å². The Morgan fingerprint density at radius 2 is 0.571 bits per heavy atom. The smallest absolute Gasteiger partial charge is 0.512 e. The van der Waals surface area contributed by atoms with E-state index >= 15 is 0 Å². The van der Waals surface area contributed by atoms with E-state index in [4.69, 9.17) is 35.5 Å². The van der Waals surface area contributed by atoms with Crippen molar-refractivity contribution in [3.05, 3.63) is 19.7 Å². The van der Waals surface area contributed by atoms with Gasteiger partial charge in [-0.2, -0.15) is 0 Å². The maximum absolute atomic E-state index is 6.25. The van der Waals surface area contributed by atoms with Gasteiger partial charge in [0.1, 0.15) is 0 Å². The van der Waals surface area contributed by atoms with E-state index in [2.05, 4.69) is 0 Å². The van der Waals surface area contributed by atoms with Gasteiger partial charge in [-0.15, -0.1) is 0 Å². The SMILES string of the molecule is [C-]#N.[C-]#N.[C-]#N.[Fe+3]. The second kappa shape index (κ2) is 77.8. The van der Waals surface area contributed by atoms with Gasteiger partial charge in [-0.05, 0) is 0 Å². The Hall–Kier alpha value is -1.01. The first-order valence-corrected chi connectivity index (χ1v) is 0.671. The number of hydrogen-bond acceptors (Lipinski definition) is 3. The summed E-state index contributed by atoms with van der Waals surface area (Å²) in [5.74, 6) is 0. The van der Waals surface area contributed by atoms with Crippen LogP contribution in [-0.2, 0) is 17.1 Å². The third kappa shape index (κ3) is 43.7. The second-order valence-electron chi connectivity index (χ2n) is 0. The number of hydrogen-bond donors (Lipinski definition) is 0. The first-order valence-electron chi connectivity index (χ1n) is 0.671. The molecule has 0 atom stereocenters. The van der Waals surface area contributed by atoms with Crippen molar-refractivity contribution in [2.24, 2.45) is 0 Å². The van der Waals surface area contributed by atoms with Crippen LogP contribution in [0.15, 0.2) is 0 Å². The van der Waals surface area contributed by atoms with Gasteiger partial charge in [0.2, 0.25) is 0 Å². The van der Waals surface area contributed by atoms with Gasteiger partial charge < -0.3 is 35.5 Å². The minimum atomic E-state index is 0. The molecule has 0 aromatic rings. The summed E-state index contributed by atoms with van der Waals surface area (Å²) in [6.45, 7) is 14.2. The normalized spacial score (nSPS) is 0.857. The van der Waals surface area contributed by atoms with Gasteiger partial charge in [0.05, 0.1) is 0 Å². The summed E-state index contributed by atoms with van der Waals surface area (Å²) in [6, 6.07) is 0. The molecular formula is C3FeN3. The molecule has 0 unspecified atom stereocenters. The Labute approximate surface area is 53.3 Å². The molecule has 0 fully saturated rings. The van der Waals surface area contributed by atoms with E-state index in [0.29, 0.717) is 0 Å². The minimum absolute atomic E-state index is 0. The van der Waals surface area contributed by atoms with Crippen molar-refractivity contribution in [1.82, 2.24) is 0 Å². The van der Waals surface area contributed by atoms with Crippen LogP contribution in [-0.4, -0.2) is 0 Å². The molecule has 0 amide bonds. The van der Waals surface area contributed by atoms with Crippen molar-refractivity contribution in [3.8, 4) is 0 Å². The molecule has 0 saturated carbocycles. The first-order chi connectivity index (χ1) is 3.00. The Bertz CT molecular complexity index is 38.7. The fourth-order valence-electron chi connectivity index (χ4n) is 0. The van der Waals surface area contributed by atoms with Gasteiger partial charge in [0.15, 0.2) is 0 Å². The maximum Gasteiger partial charge on any atom is 3.00 e. The molecule has 0 aliphatic rings. The van der Waals surface area contributed by atoms with Crippen LogP contribution < -0.4 is 0 Å². The van der Waals surface area contributed by atoms with Crippen molar-refractivity contribution in [1.29, 1.82) is 15.8 Å². The molecule has 0 aliphatic heterocycles. The van der Waals surface area contributed by atoms with E-state index in [-0.39, 0.29) is 17.1 Å².